The predicted molar refractivity (Wildman–Crippen MR) is 116 cm³/mol. The fraction of sp³-hybridized carbons (Fsp3) is 0.0833. The lowest BCUT2D eigenvalue weighted by Crippen LogP contribution is -2.30. The van der Waals surface area contributed by atoms with Gasteiger partial charge >= 0.3 is 0 Å². The zero-order valence-corrected chi connectivity index (χ0v) is 16.5. The van der Waals surface area contributed by atoms with Crippen LogP contribution < -0.4 is 4.74 Å². The highest BCUT2D eigenvalue weighted by Crippen LogP contribution is 2.33. The third-order valence-electron chi connectivity index (χ3n) is 4.48. The van der Waals surface area contributed by atoms with Crippen LogP contribution in [-0.2, 0) is 11.2 Å². The molecule has 1 fully saturated rings. The van der Waals surface area contributed by atoms with Gasteiger partial charge in [0, 0.05) is 6.54 Å². The second kappa shape index (κ2) is 8.80. The Labute approximate surface area is 173 Å². The van der Waals surface area contributed by atoms with E-state index in [2.05, 4.69) is 0 Å². The van der Waals surface area contributed by atoms with E-state index >= 15 is 0 Å². The molecular weight excluding hydrogens is 382 g/mol. The minimum Gasteiger partial charge on any atom is -0.457 e. The minimum atomic E-state index is -0.245. The van der Waals surface area contributed by atoms with Crippen LogP contribution in [0.3, 0.4) is 0 Å². The molecule has 3 aromatic rings. The van der Waals surface area contributed by atoms with Gasteiger partial charge in [0.15, 0.2) is 0 Å². The van der Waals surface area contributed by atoms with E-state index in [0.717, 1.165) is 28.6 Å². The van der Waals surface area contributed by atoms with E-state index in [-0.39, 0.29) is 11.1 Å². The number of para-hydroxylation sites is 1. The van der Waals surface area contributed by atoms with Gasteiger partial charge in [-0.25, -0.2) is 0 Å². The maximum Gasteiger partial charge on any atom is 0.293 e. The highest BCUT2D eigenvalue weighted by Gasteiger charge is 2.34. The third-order valence-corrected chi connectivity index (χ3v) is 5.38. The highest BCUT2D eigenvalue weighted by atomic mass is 32.2. The molecule has 0 N–H and O–H groups in total. The molecule has 4 rings (SSSR count). The van der Waals surface area contributed by atoms with Crippen LogP contribution in [0.4, 0.5) is 4.79 Å². The first-order valence-electron chi connectivity index (χ1n) is 9.31. The van der Waals surface area contributed by atoms with Gasteiger partial charge in [-0.3, -0.25) is 14.5 Å². The number of imide groups is 1. The fourth-order valence-corrected chi connectivity index (χ4v) is 3.89. The Hall–Kier alpha value is -3.31. The van der Waals surface area contributed by atoms with Crippen LogP contribution in [0.2, 0.25) is 0 Å². The smallest absolute Gasteiger partial charge is 0.293 e. The quantitative estimate of drug-likeness (QED) is 0.493. The lowest BCUT2D eigenvalue weighted by atomic mass is 10.1. The maximum absolute atomic E-state index is 12.7. The summed E-state index contributed by atoms with van der Waals surface area (Å²) >= 11 is 0.979. The van der Waals surface area contributed by atoms with Crippen LogP contribution in [0.15, 0.2) is 89.8 Å². The van der Waals surface area contributed by atoms with Crippen molar-refractivity contribution in [2.24, 2.45) is 0 Å². The first-order chi connectivity index (χ1) is 14.2. The summed E-state index contributed by atoms with van der Waals surface area (Å²) < 4.78 is 5.84. The molecule has 144 valence electrons. The molecule has 2 amide bonds. The lowest BCUT2D eigenvalue weighted by molar-refractivity contribution is -0.122. The molecule has 0 unspecified atom stereocenters. The van der Waals surface area contributed by atoms with Crippen molar-refractivity contribution in [1.29, 1.82) is 0 Å². The first-order valence-corrected chi connectivity index (χ1v) is 10.1. The van der Waals surface area contributed by atoms with E-state index in [4.69, 9.17) is 4.74 Å². The summed E-state index contributed by atoms with van der Waals surface area (Å²) in [4.78, 5) is 26.8. The number of hydrogen-bond donors (Lipinski definition) is 0. The Morgan fingerprint density at radius 1 is 0.828 bits per heavy atom. The van der Waals surface area contributed by atoms with Crippen LogP contribution in [-0.4, -0.2) is 22.6 Å². The van der Waals surface area contributed by atoms with Crippen molar-refractivity contribution >= 4 is 29.0 Å². The molecular formula is C24H19NO3S. The van der Waals surface area contributed by atoms with Crippen LogP contribution in [0, 0.1) is 0 Å². The molecule has 1 aliphatic heterocycles. The molecule has 0 atom stereocenters. The molecule has 1 aliphatic rings. The van der Waals surface area contributed by atoms with Gasteiger partial charge in [0.2, 0.25) is 0 Å². The zero-order chi connectivity index (χ0) is 20.1. The monoisotopic (exact) mass is 401 g/mol. The number of amides is 2. The summed E-state index contributed by atoms with van der Waals surface area (Å²) in [6.07, 6.45) is 2.39. The topological polar surface area (TPSA) is 46.6 Å². The number of benzene rings is 3. The molecule has 0 saturated carbocycles. The SMILES string of the molecule is O=C1S/C(=C/c2cccc(Oc3ccccc3)c2)C(=O)N1CCc1ccccc1. The number of rotatable bonds is 6. The molecule has 1 heterocycles. The van der Waals surface area contributed by atoms with Gasteiger partial charge in [-0.1, -0.05) is 60.7 Å². The number of carbonyl (C=O) groups is 2. The highest BCUT2D eigenvalue weighted by molar-refractivity contribution is 8.18. The second-order valence-corrected chi connectivity index (χ2v) is 7.55. The molecule has 0 aromatic heterocycles. The molecule has 5 heteroatoms. The molecule has 0 spiro atoms. The summed E-state index contributed by atoms with van der Waals surface area (Å²) in [6, 6.07) is 26.8. The number of nitrogens with zero attached hydrogens (tertiary/aromatic N) is 1. The van der Waals surface area contributed by atoms with Gasteiger partial charge in [0.25, 0.3) is 11.1 Å². The second-order valence-electron chi connectivity index (χ2n) is 6.56. The molecule has 0 radical (unpaired) electrons. The standard InChI is InChI=1S/C24H19NO3S/c26-23-22(29-24(27)25(23)15-14-18-8-3-1-4-9-18)17-19-10-7-13-21(16-19)28-20-11-5-2-6-12-20/h1-13,16-17H,14-15H2/b22-17+. The minimum absolute atomic E-state index is 0.228. The van der Waals surface area contributed by atoms with Gasteiger partial charge in [-0.2, -0.15) is 0 Å². The zero-order valence-electron chi connectivity index (χ0n) is 15.7. The van der Waals surface area contributed by atoms with E-state index in [9.17, 15) is 9.59 Å². The average molecular weight is 401 g/mol. The predicted octanol–water partition coefficient (Wildman–Crippen LogP) is 5.76. The Morgan fingerprint density at radius 2 is 1.52 bits per heavy atom. The molecule has 0 aliphatic carbocycles. The summed E-state index contributed by atoms with van der Waals surface area (Å²) in [5, 5.41) is -0.228. The van der Waals surface area contributed by atoms with Crippen molar-refractivity contribution in [2.45, 2.75) is 6.42 Å². The summed E-state index contributed by atoms with van der Waals surface area (Å²) in [6.45, 7) is 0.378. The van der Waals surface area contributed by atoms with Crippen molar-refractivity contribution in [1.82, 2.24) is 4.90 Å². The van der Waals surface area contributed by atoms with Crippen molar-refractivity contribution in [2.75, 3.05) is 6.54 Å². The third kappa shape index (κ3) is 4.76. The molecule has 1 saturated heterocycles. The van der Waals surface area contributed by atoms with E-state index in [0.29, 0.717) is 23.6 Å². The maximum atomic E-state index is 12.7. The van der Waals surface area contributed by atoms with E-state index in [1.54, 1.807) is 6.08 Å². The summed E-state index contributed by atoms with van der Waals surface area (Å²) in [5.41, 5.74) is 1.91. The summed E-state index contributed by atoms with van der Waals surface area (Å²) in [5.74, 6) is 1.17. The Balaban J connectivity index is 1.46. The Kier molecular flexibility index (Phi) is 5.77. The first kappa shape index (κ1) is 19.0. The van der Waals surface area contributed by atoms with Crippen LogP contribution in [0.25, 0.3) is 6.08 Å². The summed E-state index contributed by atoms with van der Waals surface area (Å²) in [7, 11) is 0. The number of ether oxygens (including phenoxy) is 1. The molecule has 3 aromatic carbocycles. The fourth-order valence-electron chi connectivity index (χ4n) is 3.02. The van der Waals surface area contributed by atoms with Crippen molar-refractivity contribution < 1.29 is 14.3 Å². The lowest BCUT2D eigenvalue weighted by Gasteiger charge is -2.12. The van der Waals surface area contributed by atoms with Crippen molar-refractivity contribution in [3.63, 3.8) is 0 Å². The normalized spacial score (nSPS) is 15.2. The number of hydrogen-bond acceptors (Lipinski definition) is 4. The Bertz CT molecular complexity index is 1050. The number of carbonyl (C=O) groups excluding carboxylic acids is 2. The molecule has 29 heavy (non-hydrogen) atoms. The van der Waals surface area contributed by atoms with Gasteiger partial charge in [0.05, 0.1) is 4.91 Å². The molecule has 0 bridgehead atoms. The van der Waals surface area contributed by atoms with Gasteiger partial charge in [0.1, 0.15) is 11.5 Å². The van der Waals surface area contributed by atoms with Crippen molar-refractivity contribution in [3.05, 3.63) is 101 Å². The largest absolute Gasteiger partial charge is 0.457 e. The molecule has 4 nitrogen and oxygen atoms in total. The van der Waals surface area contributed by atoms with Crippen LogP contribution in [0.1, 0.15) is 11.1 Å². The van der Waals surface area contributed by atoms with E-state index < -0.39 is 0 Å². The van der Waals surface area contributed by atoms with Gasteiger partial charge in [-0.05, 0) is 59.7 Å². The van der Waals surface area contributed by atoms with Gasteiger partial charge < -0.3 is 4.74 Å². The van der Waals surface area contributed by atoms with E-state index in [1.807, 2.05) is 84.9 Å². The number of thioether (sulfide) groups is 1. The van der Waals surface area contributed by atoms with Crippen LogP contribution in [0.5, 0.6) is 11.5 Å². The van der Waals surface area contributed by atoms with Gasteiger partial charge in [-0.15, -0.1) is 0 Å². The van der Waals surface area contributed by atoms with Crippen molar-refractivity contribution in [3.8, 4) is 11.5 Å². The van der Waals surface area contributed by atoms with Crippen LogP contribution >= 0.6 is 11.8 Å². The average Bonchev–Trinajstić information content (AvgIpc) is 3.01. The Morgan fingerprint density at radius 3 is 2.28 bits per heavy atom. The van der Waals surface area contributed by atoms with E-state index in [1.165, 1.54) is 4.90 Å².